The van der Waals surface area contributed by atoms with Crippen LogP contribution in [0.5, 0.6) is 0 Å². The Labute approximate surface area is 193 Å². The van der Waals surface area contributed by atoms with E-state index in [1.807, 2.05) is 13.0 Å². The second-order valence-electron chi connectivity index (χ2n) is 6.81. The first-order valence-electron chi connectivity index (χ1n) is 9.33. The second kappa shape index (κ2) is 10.1. The number of hydrogen-bond acceptors (Lipinski definition) is 4. The largest absolute Gasteiger partial charge is 0.319 e. The van der Waals surface area contributed by atoms with Gasteiger partial charge in [0.2, 0.25) is 0 Å². The molecule has 0 unspecified atom stereocenters. The summed E-state index contributed by atoms with van der Waals surface area (Å²) < 4.78 is 0. The normalized spacial score (nSPS) is 11.0. The van der Waals surface area contributed by atoms with Crippen molar-refractivity contribution in [3.63, 3.8) is 0 Å². The van der Waals surface area contributed by atoms with E-state index >= 15 is 0 Å². The van der Waals surface area contributed by atoms with Gasteiger partial charge in [-0.25, -0.2) is 0 Å². The lowest BCUT2D eigenvalue weighted by Crippen LogP contribution is -2.30. The number of nitrogens with one attached hydrogen (secondary N) is 2. The van der Waals surface area contributed by atoms with Gasteiger partial charge < -0.3 is 10.6 Å². The van der Waals surface area contributed by atoms with Crippen molar-refractivity contribution in [2.45, 2.75) is 6.92 Å². The molecule has 3 aromatic rings. The standard InChI is InChI=1S/C23H17Cl2N3O4/c1-14-3-2-4-16(11-14)22(29)27-21(12-15-5-8-18(9-6-15)28(31)32)23(30)26-20-13-17(24)7-10-19(20)25/h2-13H,1H3,(H,26,30)(H,27,29)/b21-12-. The summed E-state index contributed by atoms with van der Waals surface area (Å²) in [6, 6.07) is 17.0. The highest BCUT2D eigenvalue weighted by molar-refractivity contribution is 6.36. The number of carbonyl (C=O) groups excluding carboxylic acids is 2. The molecule has 3 rings (SSSR count). The smallest absolute Gasteiger partial charge is 0.272 e. The molecule has 0 aliphatic rings. The van der Waals surface area contributed by atoms with Gasteiger partial charge in [-0.1, -0.05) is 40.9 Å². The number of nitrogens with zero attached hydrogens (tertiary/aromatic N) is 1. The summed E-state index contributed by atoms with van der Waals surface area (Å²) in [6.45, 7) is 1.85. The summed E-state index contributed by atoms with van der Waals surface area (Å²) >= 11 is 12.1. The van der Waals surface area contributed by atoms with Crippen LogP contribution in [-0.2, 0) is 4.79 Å². The van der Waals surface area contributed by atoms with E-state index in [1.165, 1.54) is 42.5 Å². The van der Waals surface area contributed by atoms with E-state index in [0.29, 0.717) is 16.1 Å². The summed E-state index contributed by atoms with van der Waals surface area (Å²) in [7, 11) is 0. The second-order valence-corrected chi connectivity index (χ2v) is 7.65. The number of nitro benzene ring substituents is 1. The number of anilines is 1. The zero-order chi connectivity index (χ0) is 23.3. The molecule has 0 atom stereocenters. The van der Waals surface area contributed by atoms with E-state index in [9.17, 15) is 19.7 Å². The van der Waals surface area contributed by atoms with Gasteiger partial charge in [0.15, 0.2) is 0 Å². The van der Waals surface area contributed by atoms with Gasteiger partial charge in [0, 0.05) is 22.7 Å². The number of benzene rings is 3. The van der Waals surface area contributed by atoms with E-state index in [4.69, 9.17) is 23.2 Å². The highest BCUT2D eigenvalue weighted by Crippen LogP contribution is 2.26. The molecule has 0 radical (unpaired) electrons. The topological polar surface area (TPSA) is 101 Å². The molecule has 2 N–H and O–H groups in total. The van der Waals surface area contributed by atoms with Crippen LogP contribution in [0.1, 0.15) is 21.5 Å². The van der Waals surface area contributed by atoms with Gasteiger partial charge in [-0.3, -0.25) is 19.7 Å². The molecule has 0 aromatic heterocycles. The Morgan fingerprint density at radius 1 is 1.00 bits per heavy atom. The van der Waals surface area contributed by atoms with Crippen molar-refractivity contribution in [2.75, 3.05) is 5.32 Å². The third-order valence-electron chi connectivity index (χ3n) is 4.36. The molecular formula is C23H17Cl2N3O4. The Bertz CT molecular complexity index is 1220. The Kier molecular flexibility index (Phi) is 7.25. The van der Waals surface area contributed by atoms with Crippen LogP contribution in [0.3, 0.4) is 0 Å². The van der Waals surface area contributed by atoms with Crippen molar-refractivity contribution in [3.05, 3.63) is 109 Å². The Morgan fingerprint density at radius 2 is 1.72 bits per heavy atom. The molecule has 32 heavy (non-hydrogen) atoms. The van der Waals surface area contributed by atoms with Crippen LogP contribution < -0.4 is 10.6 Å². The molecule has 0 saturated heterocycles. The number of halogens is 2. The van der Waals surface area contributed by atoms with Gasteiger partial charge in [-0.05, 0) is 61.0 Å². The fraction of sp³-hybridized carbons (Fsp3) is 0.0435. The summed E-state index contributed by atoms with van der Waals surface area (Å²) in [5.41, 5.74) is 1.82. The highest BCUT2D eigenvalue weighted by atomic mass is 35.5. The fourth-order valence-electron chi connectivity index (χ4n) is 2.78. The highest BCUT2D eigenvalue weighted by Gasteiger charge is 2.17. The number of hydrogen-bond donors (Lipinski definition) is 2. The molecule has 162 valence electrons. The zero-order valence-electron chi connectivity index (χ0n) is 16.8. The Balaban J connectivity index is 1.94. The van der Waals surface area contributed by atoms with Crippen LogP contribution in [0.4, 0.5) is 11.4 Å². The monoisotopic (exact) mass is 469 g/mol. The van der Waals surface area contributed by atoms with Crippen molar-refractivity contribution >= 4 is 52.5 Å². The van der Waals surface area contributed by atoms with Gasteiger partial charge in [0.1, 0.15) is 5.70 Å². The maximum Gasteiger partial charge on any atom is 0.272 e. The molecular weight excluding hydrogens is 453 g/mol. The number of amides is 2. The van der Waals surface area contributed by atoms with Gasteiger partial charge >= 0.3 is 0 Å². The predicted molar refractivity (Wildman–Crippen MR) is 125 cm³/mol. The number of nitro groups is 1. The average molecular weight is 470 g/mol. The molecule has 7 nitrogen and oxygen atoms in total. The quantitative estimate of drug-likeness (QED) is 0.277. The summed E-state index contributed by atoms with van der Waals surface area (Å²) in [5.74, 6) is -1.14. The lowest BCUT2D eigenvalue weighted by molar-refractivity contribution is -0.384. The Hall–Kier alpha value is -3.68. The first-order valence-corrected chi connectivity index (χ1v) is 10.1. The molecule has 9 heteroatoms. The Morgan fingerprint density at radius 3 is 2.38 bits per heavy atom. The molecule has 0 spiro atoms. The van der Waals surface area contributed by atoms with E-state index in [-0.39, 0.29) is 22.1 Å². The number of carbonyl (C=O) groups is 2. The van der Waals surface area contributed by atoms with E-state index in [1.54, 1.807) is 24.3 Å². The van der Waals surface area contributed by atoms with Gasteiger partial charge in [-0.2, -0.15) is 0 Å². The van der Waals surface area contributed by atoms with Crippen LogP contribution in [-0.4, -0.2) is 16.7 Å². The lowest BCUT2D eigenvalue weighted by atomic mass is 10.1. The van der Waals surface area contributed by atoms with Crippen LogP contribution >= 0.6 is 23.2 Å². The number of non-ortho nitro benzene ring substituents is 1. The van der Waals surface area contributed by atoms with Gasteiger partial charge in [0.05, 0.1) is 15.6 Å². The van der Waals surface area contributed by atoms with Crippen LogP contribution in [0, 0.1) is 17.0 Å². The molecule has 0 bridgehead atoms. The molecule has 0 aliphatic heterocycles. The van der Waals surface area contributed by atoms with Crippen molar-refractivity contribution in [2.24, 2.45) is 0 Å². The van der Waals surface area contributed by atoms with Crippen LogP contribution in [0.2, 0.25) is 10.0 Å². The average Bonchev–Trinajstić information content (AvgIpc) is 2.76. The van der Waals surface area contributed by atoms with E-state index in [0.717, 1.165) is 5.56 Å². The first kappa shape index (κ1) is 23.0. The number of rotatable bonds is 6. The minimum Gasteiger partial charge on any atom is -0.319 e. The maximum absolute atomic E-state index is 13.0. The molecule has 0 fully saturated rings. The maximum atomic E-state index is 13.0. The third kappa shape index (κ3) is 5.94. The van der Waals surface area contributed by atoms with Gasteiger partial charge in [-0.15, -0.1) is 0 Å². The summed E-state index contributed by atoms with van der Waals surface area (Å²) in [5, 5.41) is 16.7. The number of aryl methyl sites for hydroxylation is 1. The van der Waals surface area contributed by atoms with Crippen molar-refractivity contribution in [3.8, 4) is 0 Å². The molecule has 3 aromatic carbocycles. The fourth-order valence-corrected chi connectivity index (χ4v) is 3.12. The predicted octanol–water partition coefficient (Wildman–Crippen LogP) is 5.62. The zero-order valence-corrected chi connectivity index (χ0v) is 18.3. The lowest BCUT2D eigenvalue weighted by Gasteiger charge is -2.13. The van der Waals surface area contributed by atoms with Crippen LogP contribution in [0.25, 0.3) is 6.08 Å². The third-order valence-corrected chi connectivity index (χ3v) is 4.93. The minimum atomic E-state index is -0.645. The SMILES string of the molecule is Cc1cccc(C(=O)N/C(=C\c2ccc([N+](=O)[O-])cc2)C(=O)Nc2cc(Cl)ccc2Cl)c1. The van der Waals surface area contributed by atoms with Crippen molar-refractivity contribution < 1.29 is 14.5 Å². The molecule has 0 saturated carbocycles. The summed E-state index contributed by atoms with van der Waals surface area (Å²) in [6.07, 6.45) is 1.41. The molecule has 0 aliphatic carbocycles. The van der Waals surface area contributed by atoms with E-state index < -0.39 is 16.7 Å². The first-order chi connectivity index (χ1) is 15.2. The summed E-state index contributed by atoms with van der Waals surface area (Å²) in [4.78, 5) is 36.1. The van der Waals surface area contributed by atoms with Gasteiger partial charge in [0.25, 0.3) is 17.5 Å². The van der Waals surface area contributed by atoms with Crippen molar-refractivity contribution in [1.29, 1.82) is 0 Å². The molecule has 2 amide bonds. The minimum absolute atomic E-state index is 0.0820. The molecule has 0 heterocycles. The van der Waals surface area contributed by atoms with Crippen molar-refractivity contribution in [1.82, 2.24) is 5.32 Å². The van der Waals surface area contributed by atoms with Crippen LogP contribution in [0.15, 0.2) is 72.4 Å². The van der Waals surface area contributed by atoms with E-state index in [2.05, 4.69) is 10.6 Å².